The van der Waals surface area contributed by atoms with Gasteiger partial charge in [0, 0.05) is 29.5 Å². The third kappa shape index (κ3) is 2.83. The quantitative estimate of drug-likeness (QED) is 0.918. The molecule has 1 fully saturated rings. The molecule has 0 spiro atoms. The maximum absolute atomic E-state index is 4.18. The van der Waals surface area contributed by atoms with Gasteiger partial charge in [0.1, 0.15) is 0 Å². The van der Waals surface area contributed by atoms with Gasteiger partial charge in [-0.15, -0.1) is 0 Å². The van der Waals surface area contributed by atoms with Crippen LogP contribution in [0.4, 0.5) is 0 Å². The van der Waals surface area contributed by atoms with Crippen molar-refractivity contribution in [2.45, 2.75) is 45.7 Å². The molecule has 1 aliphatic rings. The summed E-state index contributed by atoms with van der Waals surface area (Å²) >= 11 is 3.45. The number of aromatic nitrogens is 1. The highest BCUT2D eigenvalue weighted by Crippen LogP contribution is 2.37. The van der Waals surface area contributed by atoms with Crippen molar-refractivity contribution in [1.29, 1.82) is 0 Å². The lowest BCUT2D eigenvalue weighted by Crippen LogP contribution is -2.37. The fourth-order valence-corrected chi connectivity index (χ4v) is 2.91. The number of halogens is 1. The summed E-state index contributed by atoms with van der Waals surface area (Å²) in [4.78, 5) is 4.18. The Labute approximate surface area is 106 Å². The minimum Gasteiger partial charge on any atom is -0.309 e. The highest BCUT2D eigenvalue weighted by Gasteiger charge is 2.33. The maximum Gasteiger partial charge on any atom is 0.0410 e. The molecular formula is C13H19BrN2. The third-order valence-corrected chi connectivity index (χ3v) is 4.01. The van der Waals surface area contributed by atoms with Crippen LogP contribution in [0.5, 0.6) is 0 Å². The van der Waals surface area contributed by atoms with Gasteiger partial charge in [-0.1, -0.05) is 20.3 Å². The zero-order valence-corrected chi connectivity index (χ0v) is 11.5. The predicted molar refractivity (Wildman–Crippen MR) is 70.2 cm³/mol. The number of rotatable bonds is 3. The molecule has 1 aromatic heterocycles. The van der Waals surface area contributed by atoms with Gasteiger partial charge < -0.3 is 5.32 Å². The smallest absolute Gasteiger partial charge is 0.0410 e. The van der Waals surface area contributed by atoms with Crippen LogP contribution in [0.3, 0.4) is 0 Å². The summed E-state index contributed by atoms with van der Waals surface area (Å²) in [6.45, 7) is 5.63. The van der Waals surface area contributed by atoms with Gasteiger partial charge >= 0.3 is 0 Å². The largest absolute Gasteiger partial charge is 0.309 e. The second kappa shape index (κ2) is 4.84. The molecule has 3 heteroatoms. The first-order chi connectivity index (χ1) is 7.58. The molecular weight excluding hydrogens is 264 g/mol. The number of hydrogen-bond donors (Lipinski definition) is 1. The summed E-state index contributed by atoms with van der Waals surface area (Å²) in [6.07, 6.45) is 7.74. The highest BCUT2D eigenvalue weighted by atomic mass is 79.9. The van der Waals surface area contributed by atoms with E-state index >= 15 is 0 Å². The molecule has 88 valence electrons. The van der Waals surface area contributed by atoms with E-state index in [0.29, 0.717) is 11.5 Å². The topological polar surface area (TPSA) is 24.9 Å². The summed E-state index contributed by atoms with van der Waals surface area (Å²) in [5.41, 5.74) is 1.69. The summed E-state index contributed by atoms with van der Waals surface area (Å²) in [6, 6.07) is 2.77. The Morgan fingerprint density at radius 3 is 2.94 bits per heavy atom. The standard InChI is InChI=1S/C13H19BrN2/c1-13(2)5-3-4-12(13)16-8-10-6-11(14)9-15-7-10/h6-7,9,12,16H,3-5,8H2,1-2H3. The van der Waals surface area contributed by atoms with E-state index in [1.165, 1.54) is 24.8 Å². The van der Waals surface area contributed by atoms with Gasteiger partial charge in [0.2, 0.25) is 0 Å². The molecule has 0 saturated heterocycles. The molecule has 1 atom stereocenters. The van der Waals surface area contributed by atoms with Crippen LogP contribution < -0.4 is 5.32 Å². The molecule has 1 aromatic rings. The van der Waals surface area contributed by atoms with E-state index < -0.39 is 0 Å². The van der Waals surface area contributed by atoms with E-state index in [1.54, 1.807) is 0 Å². The van der Waals surface area contributed by atoms with E-state index in [4.69, 9.17) is 0 Å². The first-order valence-corrected chi connectivity index (χ1v) is 6.70. The van der Waals surface area contributed by atoms with Crippen molar-refractivity contribution in [2.24, 2.45) is 5.41 Å². The van der Waals surface area contributed by atoms with Gasteiger partial charge in [-0.3, -0.25) is 4.98 Å². The number of hydrogen-bond acceptors (Lipinski definition) is 2. The predicted octanol–water partition coefficient (Wildman–Crippen LogP) is 3.51. The molecule has 1 heterocycles. The first-order valence-electron chi connectivity index (χ1n) is 5.91. The normalized spacial score (nSPS) is 23.6. The number of pyridine rings is 1. The molecule has 0 aliphatic heterocycles. The summed E-state index contributed by atoms with van der Waals surface area (Å²) in [5.74, 6) is 0. The highest BCUT2D eigenvalue weighted by molar-refractivity contribution is 9.10. The minimum absolute atomic E-state index is 0.444. The second-order valence-electron chi connectivity index (χ2n) is 5.33. The van der Waals surface area contributed by atoms with Crippen LogP contribution in [-0.4, -0.2) is 11.0 Å². The van der Waals surface area contributed by atoms with Crippen molar-refractivity contribution in [1.82, 2.24) is 10.3 Å². The van der Waals surface area contributed by atoms with Crippen LogP contribution in [0.15, 0.2) is 22.9 Å². The van der Waals surface area contributed by atoms with Crippen molar-refractivity contribution < 1.29 is 0 Å². The third-order valence-electron chi connectivity index (χ3n) is 3.57. The maximum atomic E-state index is 4.18. The lowest BCUT2D eigenvalue weighted by Gasteiger charge is -2.28. The van der Waals surface area contributed by atoms with E-state index in [1.807, 2.05) is 12.4 Å². The zero-order valence-electron chi connectivity index (χ0n) is 9.96. The Kier molecular flexibility index (Phi) is 3.65. The van der Waals surface area contributed by atoms with Crippen molar-refractivity contribution in [2.75, 3.05) is 0 Å². The fraction of sp³-hybridized carbons (Fsp3) is 0.615. The van der Waals surface area contributed by atoms with Crippen molar-refractivity contribution in [3.05, 3.63) is 28.5 Å². The number of nitrogens with zero attached hydrogens (tertiary/aromatic N) is 1. The van der Waals surface area contributed by atoms with Crippen LogP contribution in [-0.2, 0) is 6.54 Å². The Morgan fingerprint density at radius 1 is 1.50 bits per heavy atom. The average molecular weight is 283 g/mol. The minimum atomic E-state index is 0.444. The van der Waals surface area contributed by atoms with Gasteiger partial charge in [0.15, 0.2) is 0 Å². The van der Waals surface area contributed by atoms with Crippen molar-refractivity contribution in [3.63, 3.8) is 0 Å². The lowest BCUT2D eigenvalue weighted by molar-refractivity contribution is 0.282. The SMILES string of the molecule is CC1(C)CCCC1NCc1cncc(Br)c1. The molecule has 1 saturated carbocycles. The Morgan fingerprint density at radius 2 is 2.31 bits per heavy atom. The van der Waals surface area contributed by atoms with Gasteiger partial charge in [0.25, 0.3) is 0 Å². The van der Waals surface area contributed by atoms with Crippen LogP contribution in [0.1, 0.15) is 38.7 Å². The van der Waals surface area contributed by atoms with E-state index in [-0.39, 0.29) is 0 Å². The Bertz CT molecular complexity index is 363. The average Bonchev–Trinajstić information content (AvgIpc) is 2.55. The van der Waals surface area contributed by atoms with Gasteiger partial charge in [-0.05, 0) is 45.8 Å². The van der Waals surface area contributed by atoms with Crippen molar-refractivity contribution >= 4 is 15.9 Å². The van der Waals surface area contributed by atoms with Crippen LogP contribution in [0, 0.1) is 5.41 Å². The molecule has 2 nitrogen and oxygen atoms in total. The summed E-state index contributed by atoms with van der Waals surface area (Å²) in [5, 5.41) is 3.65. The van der Waals surface area contributed by atoms with Gasteiger partial charge in [-0.2, -0.15) is 0 Å². The van der Waals surface area contributed by atoms with Crippen LogP contribution in [0.25, 0.3) is 0 Å². The zero-order chi connectivity index (χ0) is 11.6. The van der Waals surface area contributed by atoms with Gasteiger partial charge in [0.05, 0.1) is 0 Å². The number of nitrogens with one attached hydrogen (secondary N) is 1. The molecule has 0 amide bonds. The molecule has 16 heavy (non-hydrogen) atoms. The Hall–Kier alpha value is -0.410. The van der Waals surface area contributed by atoms with Crippen LogP contribution in [0.2, 0.25) is 0 Å². The van der Waals surface area contributed by atoms with Gasteiger partial charge in [-0.25, -0.2) is 0 Å². The first kappa shape index (κ1) is 12.1. The van der Waals surface area contributed by atoms with E-state index in [2.05, 4.69) is 46.1 Å². The Balaban J connectivity index is 1.92. The van der Waals surface area contributed by atoms with Crippen molar-refractivity contribution in [3.8, 4) is 0 Å². The lowest BCUT2D eigenvalue weighted by atomic mass is 9.87. The fourth-order valence-electron chi connectivity index (χ4n) is 2.50. The molecule has 0 aromatic carbocycles. The second-order valence-corrected chi connectivity index (χ2v) is 6.24. The molecule has 2 rings (SSSR count). The molecule has 1 unspecified atom stereocenters. The summed E-state index contributed by atoms with van der Waals surface area (Å²) in [7, 11) is 0. The summed E-state index contributed by atoms with van der Waals surface area (Å²) < 4.78 is 1.05. The molecule has 0 bridgehead atoms. The van der Waals surface area contributed by atoms with E-state index in [0.717, 1.165) is 11.0 Å². The molecule has 0 radical (unpaired) electrons. The van der Waals surface area contributed by atoms with Crippen LogP contribution >= 0.6 is 15.9 Å². The monoisotopic (exact) mass is 282 g/mol. The molecule has 1 N–H and O–H groups in total. The molecule has 1 aliphatic carbocycles. The van der Waals surface area contributed by atoms with E-state index in [9.17, 15) is 0 Å².